The Balaban J connectivity index is 2.33. The third kappa shape index (κ3) is 5.40. The van der Waals surface area contributed by atoms with Crippen molar-refractivity contribution in [2.24, 2.45) is 5.16 Å². The van der Waals surface area contributed by atoms with Gasteiger partial charge in [0.25, 0.3) is 0 Å². The van der Waals surface area contributed by atoms with Crippen molar-refractivity contribution in [2.75, 3.05) is 14.2 Å². The fraction of sp³-hybridized carbons (Fsp3) is 0.273. The smallest absolute Gasteiger partial charge is 0.417 e. The molecule has 0 aliphatic heterocycles. The Hall–Kier alpha value is -3.29. The number of halogens is 3. The molecule has 0 amide bonds. The number of aryl methyl sites for hydroxylation is 1. The van der Waals surface area contributed by atoms with Gasteiger partial charge in [-0.05, 0) is 31.0 Å². The predicted octanol–water partition coefficient (Wildman–Crippen LogP) is 5.11. The van der Waals surface area contributed by atoms with Gasteiger partial charge in [0.05, 0.1) is 31.8 Å². The maximum absolute atomic E-state index is 13.2. The average molecular weight is 421 g/mol. The zero-order valence-electron chi connectivity index (χ0n) is 17.0. The summed E-state index contributed by atoms with van der Waals surface area (Å²) in [5.74, 6) is -0.595. The fourth-order valence-corrected chi connectivity index (χ4v) is 2.88. The first-order valence-electron chi connectivity index (χ1n) is 8.94. The lowest BCUT2D eigenvalue weighted by Crippen LogP contribution is -2.12. The van der Waals surface area contributed by atoms with Crippen molar-refractivity contribution < 1.29 is 32.3 Å². The molecule has 2 aromatic rings. The van der Waals surface area contributed by atoms with Crippen molar-refractivity contribution >= 4 is 17.3 Å². The third-order valence-corrected chi connectivity index (χ3v) is 4.37. The van der Waals surface area contributed by atoms with E-state index in [2.05, 4.69) is 5.16 Å². The number of alkyl halides is 3. The lowest BCUT2D eigenvalue weighted by Gasteiger charge is -2.14. The van der Waals surface area contributed by atoms with Crippen LogP contribution in [-0.4, -0.2) is 25.9 Å². The van der Waals surface area contributed by atoms with Crippen molar-refractivity contribution in [2.45, 2.75) is 26.6 Å². The second-order valence-electron chi connectivity index (χ2n) is 6.35. The fourth-order valence-electron chi connectivity index (χ4n) is 2.88. The van der Waals surface area contributed by atoms with Crippen molar-refractivity contribution in [1.82, 2.24) is 0 Å². The second kappa shape index (κ2) is 9.96. The Bertz CT molecular complexity index is 965. The minimum atomic E-state index is -4.50. The molecule has 8 heteroatoms. The first-order chi connectivity index (χ1) is 14.2. The Morgan fingerprint density at radius 1 is 1.07 bits per heavy atom. The normalized spacial score (nSPS) is 12.5. The predicted molar refractivity (Wildman–Crippen MR) is 107 cm³/mol. The number of rotatable bonds is 7. The van der Waals surface area contributed by atoms with Crippen LogP contribution in [0.15, 0.2) is 53.9 Å². The van der Waals surface area contributed by atoms with Crippen molar-refractivity contribution in [1.29, 1.82) is 0 Å². The Morgan fingerprint density at radius 3 is 2.37 bits per heavy atom. The summed E-state index contributed by atoms with van der Waals surface area (Å²) in [7, 11) is 2.66. The number of ether oxygens (including phenoxy) is 2. The molecule has 0 spiro atoms. The number of hydrogen-bond donors (Lipinski definition) is 0. The number of hydrogen-bond acceptors (Lipinski definition) is 5. The van der Waals surface area contributed by atoms with Crippen LogP contribution in [-0.2, 0) is 31.9 Å². The maximum atomic E-state index is 13.2. The van der Waals surface area contributed by atoms with Gasteiger partial charge in [-0.1, -0.05) is 41.6 Å². The molecule has 2 aromatic carbocycles. The highest BCUT2D eigenvalue weighted by Gasteiger charge is 2.33. The number of carbonyl (C=O) groups is 1. The number of benzene rings is 2. The van der Waals surface area contributed by atoms with E-state index in [1.54, 1.807) is 12.1 Å². The molecule has 0 aromatic heterocycles. The first kappa shape index (κ1) is 23.0. The molecule has 0 fully saturated rings. The molecule has 0 bridgehead atoms. The molecule has 30 heavy (non-hydrogen) atoms. The zero-order valence-corrected chi connectivity index (χ0v) is 17.0. The van der Waals surface area contributed by atoms with Crippen molar-refractivity contribution in [3.8, 4) is 0 Å². The summed E-state index contributed by atoms with van der Waals surface area (Å²) < 4.78 is 49.4. The van der Waals surface area contributed by atoms with Crippen LogP contribution < -0.4 is 0 Å². The summed E-state index contributed by atoms with van der Waals surface area (Å²) in [5.41, 5.74) is 1.37. The molecule has 0 saturated carbocycles. The molecule has 0 saturated heterocycles. The molecule has 160 valence electrons. The number of oxime groups is 1. The molecule has 0 atom stereocenters. The van der Waals surface area contributed by atoms with Crippen LogP contribution in [0.2, 0.25) is 0 Å². The highest BCUT2D eigenvalue weighted by molar-refractivity contribution is 6.16. The van der Waals surface area contributed by atoms with Gasteiger partial charge < -0.3 is 14.3 Å². The van der Waals surface area contributed by atoms with Crippen LogP contribution in [0.3, 0.4) is 0 Å². The molecule has 0 N–H and O–H groups in total. The molecule has 0 aliphatic rings. The van der Waals surface area contributed by atoms with Gasteiger partial charge in [-0.3, -0.25) is 0 Å². The number of nitrogens with zero attached hydrogens (tertiary/aromatic N) is 1. The third-order valence-electron chi connectivity index (χ3n) is 4.37. The van der Waals surface area contributed by atoms with Gasteiger partial charge in [0.1, 0.15) is 12.2 Å². The van der Waals surface area contributed by atoms with Gasteiger partial charge in [0, 0.05) is 11.1 Å². The van der Waals surface area contributed by atoms with Gasteiger partial charge in [0.15, 0.2) is 0 Å². The quantitative estimate of drug-likeness (QED) is 0.205. The van der Waals surface area contributed by atoms with Gasteiger partial charge >= 0.3 is 12.1 Å². The van der Waals surface area contributed by atoms with Crippen LogP contribution >= 0.6 is 0 Å². The lowest BCUT2D eigenvalue weighted by atomic mass is 9.97. The molecule has 2 rings (SSSR count). The van der Waals surface area contributed by atoms with E-state index in [0.29, 0.717) is 11.1 Å². The molecular formula is C22H22F3NO4. The summed E-state index contributed by atoms with van der Waals surface area (Å²) in [4.78, 5) is 17.5. The van der Waals surface area contributed by atoms with Crippen molar-refractivity contribution in [3.63, 3.8) is 0 Å². The van der Waals surface area contributed by atoms with E-state index in [1.165, 1.54) is 45.6 Å². The van der Waals surface area contributed by atoms with Crippen LogP contribution in [0.5, 0.6) is 0 Å². The van der Waals surface area contributed by atoms with E-state index in [1.807, 2.05) is 13.0 Å². The first-order valence-corrected chi connectivity index (χ1v) is 8.94. The Kier molecular flexibility index (Phi) is 7.63. The highest BCUT2D eigenvalue weighted by atomic mass is 19.4. The highest BCUT2D eigenvalue weighted by Crippen LogP contribution is 2.32. The summed E-state index contributed by atoms with van der Waals surface area (Å²) in [6.45, 7) is 3.19. The summed E-state index contributed by atoms with van der Waals surface area (Å²) in [6, 6.07) is 10.4. The molecule has 0 radical (unpaired) electrons. The number of methoxy groups -OCH3 is 2. The molecule has 5 nitrogen and oxygen atoms in total. The van der Waals surface area contributed by atoms with E-state index in [-0.39, 0.29) is 23.5 Å². The minimum Gasteiger partial charge on any atom is -0.503 e. The summed E-state index contributed by atoms with van der Waals surface area (Å²) >= 11 is 0. The molecule has 0 aliphatic carbocycles. The van der Waals surface area contributed by atoms with E-state index < -0.39 is 17.7 Å². The average Bonchev–Trinajstić information content (AvgIpc) is 2.72. The van der Waals surface area contributed by atoms with Crippen LogP contribution in [0.25, 0.3) is 5.57 Å². The largest absolute Gasteiger partial charge is 0.503 e. The number of carbonyl (C=O) groups excluding carboxylic acids is 1. The SMILES string of the molecule is CO/C=C(/C(=O)OC)c1cccc(C)c1CO/N=C(\C)c1ccccc1C(F)(F)F. The van der Waals surface area contributed by atoms with Crippen LogP contribution in [0, 0.1) is 6.92 Å². The van der Waals surface area contributed by atoms with E-state index in [9.17, 15) is 18.0 Å². The van der Waals surface area contributed by atoms with Gasteiger partial charge in [-0.25, -0.2) is 4.79 Å². The van der Waals surface area contributed by atoms with Crippen molar-refractivity contribution in [3.05, 3.63) is 76.5 Å². The van der Waals surface area contributed by atoms with E-state index in [0.717, 1.165) is 11.6 Å². The monoisotopic (exact) mass is 421 g/mol. The minimum absolute atomic E-state index is 0.0639. The standard InChI is InChI=1S/C22H22F3NO4/c1-14-8-7-10-17(19(12-28-3)21(27)29-4)18(14)13-30-26-15(2)16-9-5-6-11-20(16)22(23,24)25/h5-12H,13H2,1-4H3/b19-12+,26-15+. The molecular weight excluding hydrogens is 399 g/mol. The van der Waals surface area contributed by atoms with E-state index >= 15 is 0 Å². The number of esters is 1. The molecule has 0 unspecified atom stereocenters. The molecule has 0 heterocycles. The van der Waals surface area contributed by atoms with Gasteiger partial charge in [-0.2, -0.15) is 13.2 Å². The van der Waals surface area contributed by atoms with Gasteiger partial charge in [-0.15, -0.1) is 0 Å². The van der Waals surface area contributed by atoms with Crippen LogP contribution in [0.4, 0.5) is 13.2 Å². The second-order valence-corrected chi connectivity index (χ2v) is 6.35. The lowest BCUT2D eigenvalue weighted by molar-refractivity contribution is -0.137. The maximum Gasteiger partial charge on any atom is 0.417 e. The zero-order chi connectivity index (χ0) is 22.3. The summed E-state index contributed by atoms with van der Waals surface area (Å²) in [5, 5.41) is 3.87. The van der Waals surface area contributed by atoms with Crippen LogP contribution in [0.1, 0.15) is 34.7 Å². The van der Waals surface area contributed by atoms with Gasteiger partial charge in [0.2, 0.25) is 0 Å². The Morgan fingerprint density at radius 2 is 1.73 bits per heavy atom. The topological polar surface area (TPSA) is 57.1 Å². The summed E-state index contributed by atoms with van der Waals surface area (Å²) in [6.07, 6.45) is -3.24. The Labute approximate surface area is 172 Å². The van der Waals surface area contributed by atoms with E-state index in [4.69, 9.17) is 14.3 Å².